The molecule has 0 aromatic heterocycles. The van der Waals surface area contributed by atoms with Gasteiger partial charge in [0, 0.05) is 0 Å². The Morgan fingerprint density at radius 3 is 2.65 bits per heavy atom. The summed E-state index contributed by atoms with van der Waals surface area (Å²) in [5.41, 5.74) is 1.06. The monoisotopic (exact) mass is 237 g/mol. The molecule has 0 bridgehead atoms. The SMILES string of the molecule is Fc1cccc(-c2[c]ccc(OC(F)F)c2)c1. The van der Waals surface area contributed by atoms with Crippen LogP contribution in [0, 0.1) is 11.9 Å². The largest absolute Gasteiger partial charge is 0.435 e. The van der Waals surface area contributed by atoms with Crippen molar-refractivity contribution in [1.29, 1.82) is 0 Å². The summed E-state index contributed by atoms with van der Waals surface area (Å²) in [5, 5.41) is 0. The smallest absolute Gasteiger partial charge is 0.387 e. The van der Waals surface area contributed by atoms with Crippen molar-refractivity contribution < 1.29 is 17.9 Å². The first kappa shape index (κ1) is 11.5. The highest BCUT2D eigenvalue weighted by molar-refractivity contribution is 5.64. The summed E-state index contributed by atoms with van der Waals surface area (Å²) in [5.74, 6) is -0.367. The highest BCUT2D eigenvalue weighted by atomic mass is 19.3. The van der Waals surface area contributed by atoms with Gasteiger partial charge in [0.25, 0.3) is 0 Å². The molecule has 2 aromatic carbocycles. The fourth-order valence-corrected chi connectivity index (χ4v) is 1.44. The van der Waals surface area contributed by atoms with Gasteiger partial charge >= 0.3 is 6.61 Å². The van der Waals surface area contributed by atoms with Gasteiger partial charge < -0.3 is 4.74 Å². The topological polar surface area (TPSA) is 9.23 Å². The first-order chi connectivity index (χ1) is 8.15. The highest BCUT2D eigenvalue weighted by Gasteiger charge is 2.06. The first-order valence-electron chi connectivity index (χ1n) is 4.87. The Labute approximate surface area is 96.5 Å². The summed E-state index contributed by atoms with van der Waals surface area (Å²) in [6.07, 6.45) is 0. The standard InChI is InChI=1S/C13H8F3O/c14-11-5-1-3-9(7-11)10-4-2-6-12(8-10)17-13(15)16/h1-3,5-8,13H. The molecule has 0 spiro atoms. The molecule has 0 aliphatic carbocycles. The quantitative estimate of drug-likeness (QED) is 0.786. The first-order valence-corrected chi connectivity index (χ1v) is 4.87. The Morgan fingerprint density at radius 2 is 1.94 bits per heavy atom. The van der Waals surface area contributed by atoms with Crippen LogP contribution in [0.3, 0.4) is 0 Å². The van der Waals surface area contributed by atoms with E-state index in [0.29, 0.717) is 11.1 Å². The van der Waals surface area contributed by atoms with E-state index in [9.17, 15) is 13.2 Å². The van der Waals surface area contributed by atoms with Crippen LogP contribution in [-0.2, 0) is 0 Å². The molecule has 2 rings (SSSR count). The van der Waals surface area contributed by atoms with Crippen LogP contribution in [0.2, 0.25) is 0 Å². The Kier molecular flexibility index (Phi) is 3.32. The number of hydrogen-bond acceptors (Lipinski definition) is 1. The lowest BCUT2D eigenvalue weighted by Gasteiger charge is -2.06. The number of benzene rings is 2. The summed E-state index contributed by atoms with van der Waals surface area (Å²) in [7, 11) is 0. The molecule has 87 valence electrons. The van der Waals surface area contributed by atoms with Gasteiger partial charge in [0.2, 0.25) is 0 Å². The lowest BCUT2D eigenvalue weighted by Crippen LogP contribution is -2.01. The molecule has 0 aliphatic rings. The van der Waals surface area contributed by atoms with E-state index in [1.807, 2.05) is 0 Å². The van der Waals surface area contributed by atoms with E-state index in [4.69, 9.17) is 0 Å². The van der Waals surface area contributed by atoms with Crippen molar-refractivity contribution in [2.24, 2.45) is 0 Å². The summed E-state index contributed by atoms with van der Waals surface area (Å²) < 4.78 is 41.3. The van der Waals surface area contributed by atoms with E-state index in [1.165, 1.54) is 30.3 Å². The van der Waals surface area contributed by atoms with Crippen molar-refractivity contribution in [3.05, 3.63) is 54.3 Å². The van der Waals surface area contributed by atoms with Crippen molar-refractivity contribution in [3.8, 4) is 16.9 Å². The van der Waals surface area contributed by atoms with Gasteiger partial charge in [0.1, 0.15) is 11.6 Å². The van der Waals surface area contributed by atoms with Crippen molar-refractivity contribution in [2.75, 3.05) is 0 Å². The minimum Gasteiger partial charge on any atom is -0.435 e. The zero-order chi connectivity index (χ0) is 12.3. The van der Waals surface area contributed by atoms with Crippen LogP contribution in [0.1, 0.15) is 0 Å². The average Bonchev–Trinajstić information content (AvgIpc) is 2.28. The molecule has 0 fully saturated rings. The normalized spacial score (nSPS) is 10.6. The molecule has 0 aliphatic heterocycles. The zero-order valence-electron chi connectivity index (χ0n) is 8.66. The van der Waals surface area contributed by atoms with Gasteiger partial charge in [-0.25, -0.2) is 4.39 Å². The summed E-state index contributed by atoms with van der Waals surface area (Å²) >= 11 is 0. The molecule has 0 saturated carbocycles. The Bertz CT molecular complexity index is 512. The molecule has 0 N–H and O–H groups in total. The van der Waals surface area contributed by atoms with Gasteiger partial charge in [0.05, 0.1) is 0 Å². The molecule has 2 aromatic rings. The molecular weight excluding hydrogens is 229 g/mol. The van der Waals surface area contributed by atoms with E-state index in [2.05, 4.69) is 10.8 Å². The second kappa shape index (κ2) is 4.91. The van der Waals surface area contributed by atoms with Gasteiger partial charge in [-0.1, -0.05) is 18.2 Å². The van der Waals surface area contributed by atoms with E-state index in [1.54, 1.807) is 12.1 Å². The molecule has 0 heterocycles. The van der Waals surface area contributed by atoms with Crippen LogP contribution in [0.4, 0.5) is 13.2 Å². The Balaban J connectivity index is 2.33. The molecule has 0 unspecified atom stereocenters. The molecular formula is C13H8F3O. The third-order valence-electron chi connectivity index (χ3n) is 2.13. The number of halogens is 3. The summed E-state index contributed by atoms with van der Waals surface area (Å²) in [6, 6.07) is 12.9. The fraction of sp³-hybridized carbons (Fsp3) is 0.0769. The molecule has 1 radical (unpaired) electrons. The van der Waals surface area contributed by atoms with E-state index < -0.39 is 12.4 Å². The number of alkyl halides is 2. The third-order valence-corrected chi connectivity index (χ3v) is 2.13. The van der Waals surface area contributed by atoms with Crippen LogP contribution in [0.15, 0.2) is 42.5 Å². The molecule has 4 heteroatoms. The minimum absolute atomic E-state index is 0.0259. The number of ether oxygens (including phenoxy) is 1. The third kappa shape index (κ3) is 3.00. The molecule has 0 atom stereocenters. The lowest BCUT2D eigenvalue weighted by atomic mass is 10.1. The van der Waals surface area contributed by atoms with Crippen LogP contribution in [0.5, 0.6) is 5.75 Å². The molecule has 17 heavy (non-hydrogen) atoms. The van der Waals surface area contributed by atoms with Gasteiger partial charge in [-0.3, -0.25) is 0 Å². The van der Waals surface area contributed by atoms with E-state index >= 15 is 0 Å². The van der Waals surface area contributed by atoms with Crippen LogP contribution < -0.4 is 4.74 Å². The van der Waals surface area contributed by atoms with Gasteiger partial charge in [0.15, 0.2) is 0 Å². The fourth-order valence-electron chi connectivity index (χ4n) is 1.44. The molecule has 1 nitrogen and oxygen atoms in total. The maximum Gasteiger partial charge on any atom is 0.387 e. The summed E-state index contributed by atoms with van der Waals surface area (Å²) in [6.45, 7) is -2.88. The maximum atomic E-state index is 13.0. The van der Waals surface area contributed by atoms with Gasteiger partial charge in [-0.2, -0.15) is 8.78 Å². The average molecular weight is 237 g/mol. The van der Waals surface area contributed by atoms with E-state index in [-0.39, 0.29) is 5.75 Å². The summed E-state index contributed by atoms with van der Waals surface area (Å²) in [4.78, 5) is 0. The number of hydrogen-bond donors (Lipinski definition) is 0. The zero-order valence-corrected chi connectivity index (χ0v) is 8.66. The van der Waals surface area contributed by atoms with Crippen LogP contribution >= 0.6 is 0 Å². The second-order valence-electron chi connectivity index (χ2n) is 3.33. The van der Waals surface area contributed by atoms with Crippen LogP contribution in [-0.4, -0.2) is 6.61 Å². The Morgan fingerprint density at radius 1 is 1.12 bits per heavy atom. The van der Waals surface area contributed by atoms with Gasteiger partial charge in [-0.15, -0.1) is 0 Å². The predicted octanol–water partition coefficient (Wildman–Crippen LogP) is 3.89. The highest BCUT2D eigenvalue weighted by Crippen LogP contribution is 2.24. The van der Waals surface area contributed by atoms with Crippen LogP contribution in [0.25, 0.3) is 11.1 Å². The van der Waals surface area contributed by atoms with Crippen molar-refractivity contribution in [3.63, 3.8) is 0 Å². The van der Waals surface area contributed by atoms with Crippen molar-refractivity contribution in [2.45, 2.75) is 6.61 Å². The predicted molar refractivity (Wildman–Crippen MR) is 57.3 cm³/mol. The molecule has 0 amide bonds. The lowest BCUT2D eigenvalue weighted by molar-refractivity contribution is -0.0498. The molecule has 0 saturated heterocycles. The second-order valence-corrected chi connectivity index (χ2v) is 3.33. The number of rotatable bonds is 3. The van der Waals surface area contributed by atoms with Gasteiger partial charge in [-0.05, 0) is 41.5 Å². The van der Waals surface area contributed by atoms with E-state index in [0.717, 1.165) is 0 Å². The van der Waals surface area contributed by atoms with Crippen molar-refractivity contribution >= 4 is 0 Å². The maximum absolute atomic E-state index is 13.0. The van der Waals surface area contributed by atoms with Crippen molar-refractivity contribution in [1.82, 2.24) is 0 Å². The Hall–Kier alpha value is -1.97. The minimum atomic E-state index is -2.88.